The minimum atomic E-state index is -0.238. The molecule has 3 rings (SSSR count). The highest BCUT2D eigenvalue weighted by Gasteiger charge is 2.36. The highest BCUT2D eigenvalue weighted by Crippen LogP contribution is 2.45. The van der Waals surface area contributed by atoms with Crippen molar-refractivity contribution >= 4 is 46.3 Å². The van der Waals surface area contributed by atoms with Crippen molar-refractivity contribution in [3.8, 4) is 0 Å². The summed E-state index contributed by atoms with van der Waals surface area (Å²) in [4.78, 5) is 28.2. The second-order valence-corrected chi connectivity index (χ2v) is 8.74. The van der Waals surface area contributed by atoms with Crippen LogP contribution in [0.25, 0.3) is 6.08 Å². The number of amides is 2. The van der Waals surface area contributed by atoms with Crippen molar-refractivity contribution in [2.45, 2.75) is 45.6 Å². The van der Waals surface area contributed by atoms with E-state index >= 15 is 0 Å². The molecule has 1 aromatic rings. The maximum atomic E-state index is 12.3. The predicted octanol–water partition coefficient (Wildman–Crippen LogP) is 5.12. The Kier molecular flexibility index (Phi) is 4.67. The lowest BCUT2D eigenvalue weighted by Crippen LogP contribution is -2.45. The van der Waals surface area contributed by atoms with Crippen molar-refractivity contribution < 1.29 is 9.59 Å². The number of thioether (sulfide) groups is 1. The maximum absolute atomic E-state index is 12.3. The molecule has 25 heavy (non-hydrogen) atoms. The van der Waals surface area contributed by atoms with Crippen LogP contribution in [-0.2, 0) is 4.79 Å². The Labute approximate surface area is 158 Å². The highest BCUT2D eigenvalue weighted by molar-refractivity contribution is 8.18. The van der Waals surface area contributed by atoms with Crippen LogP contribution in [-0.4, -0.2) is 35.2 Å². The van der Waals surface area contributed by atoms with Gasteiger partial charge in [0.05, 0.1) is 4.91 Å². The fraction of sp³-hybridized carbons (Fsp3) is 0.474. The lowest BCUT2D eigenvalue weighted by molar-refractivity contribution is -0.122. The molecule has 0 bridgehead atoms. The number of benzene rings is 1. The number of anilines is 1. The Hall–Kier alpha value is -1.46. The summed E-state index contributed by atoms with van der Waals surface area (Å²) >= 11 is 7.49. The highest BCUT2D eigenvalue weighted by atomic mass is 35.5. The Morgan fingerprint density at radius 3 is 2.64 bits per heavy atom. The van der Waals surface area contributed by atoms with Crippen LogP contribution in [0.2, 0.25) is 5.02 Å². The molecule has 2 aliphatic rings. The molecule has 1 unspecified atom stereocenters. The molecule has 134 valence electrons. The molecule has 1 fully saturated rings. The Morgan fingerprint density at radius 1 is 1.36 bits per heavy atom. The minimum absolute atomic E-state index is 0.0705. The van der Waals surface area contributed by atoms with Gasteiger partial charge in [0.1, 0.15) is 0 Å². The summed E-state index contributed by atoms with van der Waals surface area (Å²) < 4.78 is 0. The molecule has 2 amide bonds. The van der Waals surface area contributed by atoms with E-state index in [-0.39, 0.29) is 16.7 Å². The average molecular weight is 379 g/mol. The van der Waals surface area contributed by atoms with Gasteiger partial charge in [0.2, 0.25) is 0 Å². The zero-order valence-corrected chi connectivity index (χ0v) is 16.8. The van der Waals surface area contributed by atoms with Gasteiger partial charge >= 0.3 is 0 Å². The second-order valence-electron chi connectivity index (χ2n) is 7.34. The smallest absolute Gasteiger partial charge is 0.293 e. The van der Waals surface area contributed by atoms with Crippen molar-refractivity contribution in [2.24, 2.45) is 0 Å². The van der Waals surface area contributed by atoms with Crippen LogP contribution in [0.15, 0.2) is 17.0 Å². The van der Waals surface area contributed by atoms with Gasteiger partial charge in [0, 0.05) is 29.8 Å². The molecule has 0 saturated carbocycles. The zero-order chi connectivity index (χ0) is 18.5. The van der Waals surface area contributed by atoms with Gasteiger partial charge in [-0.05, 0) is 74.2 Å². The summed E-state index contributed by atoms with van der Waals surface area (Å²) in [6.07, 6.45) is 2.79. The standard InChI is InChI=1S/C19H23ClN2O2S/c1-6-22-17(23)16(25-18(22)24)8-12-7-13-11(2)10-19(3,4)21(5)15(13)9-14(12)20/h7-9,11H,6,10H2,1-5H3/b16-8+. The van der Waals surface area contributed by atoms with Crippen LogP contribution >= 0.6 is 23.4 Å². The van der Waals surface area contributed by atoms with Gasteiger partial charge in [0.15, 0.2) is 0 Å². The van der Waals surface area contributed by atoms with E-state index < -0.39 is 0 Å². The molecule has 0 aliphatic carbocycles. The molecule has 0 radical (unpaired) electrons. The quantitative estimate of drug-likeness (QED) is 0.670. The fourth-order valence-corrected chi connectivity index (χ4v) is 4.74. The van der Waals surface area contributed by atoms with Crippen molar-refractivity contribution in [3.05, 3.63) is 33.2 Å². The Bertz CT molecular complexity index is 788. The van der Waals surface area contributed by atoms with Crippen LogP contribution in [0, 0.1) is 0 Å². The van der Waals surface area contributed by atoms with E-state index in [1.807, 2.05) is 6.07 Å². The van der Waals surface area contributed by atoms with Crippen LogP contribution in [0.1, 0.15) is 51.2 Å². The van der Waals surface area contributed by atoms with Crippen molar-refractivity contribution in [3.63, 3.8) is 0 Å². The number of carbonyl (C=O) groups is 2. The van der Waals surface area contributed by atoms with Crippen LogP contribution in [0.4, 0.5) is 10.5 Å². The third-order valence-corrected chi connectivity index (χ3v) is 6.46. The molecule has 4 nitrogen and oxygen atoms in total. The van der Waals surface area contributed by atoms with Gasteiger partial charge in [-0.1, -0.05) is 18.5 Å². The van der Waals surface area contributed by atoms with Gasteiger partial charge in [-0.3, -0.25) is 14.5 Å². The van der Waals surface area contributed by atoms with Gasteiger partial charge in [0.25, 0.3) is 11.1 Å². The first-order valence-corrected chi connectivity index (χ1v) is 9.67. The van der Waals surface area contributed by atoms with E-state index in [9.17, 15) is 9.59 Å². The molecule has 0 spiro atoms. The van der Waals surface area contributed by atoms with Crippen LogP contribution in [0.3, 0.4) is 0 Å². The van der Waals surface area contributed by atoms with Crippen LogP contribution < -0.4 is 4.90 Å². The lowest BCUT2D eigenvalue weighted by Gasteiger charge is -2.45. The van der Waals surface area contributed by atoms with Crippen molar-refractivity contribution in [2.75, 3.05) is 18.5 Å². The molecule has 1 atom stereocenters. The van der Waals surface area contributed by atoms with E-state index in [0.29, 0.717) is 22.4 Å². The normalized spacial score (nSPS) is 24.2. The molecule has 0 N–H and O–H groups in total. The third-order valence-electron chi connectivity index (χ3n) is 5.23. The number of hydrogen-bond donors (Lipinski definition) is 0. The van der Waals surface area contributed by atoms with Crippen LogP contribution in [0.5, 0.6) is 0 Å². The van der Waals surface area contributed by atoms with E-state index in [4.69, 9.17) is 11.6 Å². The molecular formula is C19H23ClN2O2S. The predicted molar refractivity (Wildman–Crippen MR) is 105 cm³/mol. The van der Waals surface area contributed by atoms with Crippen molar-refractivity contribution in [1.82, 2.24) is 4.90 Å². The van der Waals surface area contributed by atoms with Crippen molar-refractivity contribution in [1.29, 1.82) is 0 Å². The Balaban J connectivity index is 2.04. The number of rotatable bonds is 2. The zero-order valence-electron chi connectivity index (χ0n) is 15.2. The number of fused-ring (bicyclic) bond motifs is 1. The molecule has 0 aromatic heterocycles. The molecule has 2 aliphatic heterocycles. The molecule has 2 heterocycles. The number of hydrogen-bond acceptors (Lipinski definition) is 4. The number of carbonyl (C=O) groups excluding carboxylic acids is 2. The van der Waals surface area contributed by atoms with Gasteiger partial charge < -0.3 is 4.90 Å². The summed E-state index contributed by atoms with van der Waals surface area (Å²) in [5.74, 6) is 0.161. The average Bonchev–Trinajstić information content (AvgIpc) is 2.79. The second kappa shape index (κ2) is 6.36. The first kappa shape index (κ1) is 18.3. The van der Waals surface area contributed by atoms with E-state index in [1.54, 1.807) is 13.0 Å². The number of nitrogens with zero attached hydrogens (tertiary/aromatic N) is 2. The summed E-state index contributed by atoms with van der Waals surface area (Å²) in [6, 6.07) is 4.04. The first-order chi connectivity index (χ1) is 11.7. The SMILES string of the molecule is CCN1C(=O)S/C(=C/c2cc3c(cc2Cl)N(C)C(C)(C)CC3C)C1=O. The summed E-state index contributed by atoms with van der Waals surface area (Å²) in [5.41, 5.74) is 3.22. The first-order valence-electron chi connectivity index (χ1n) is 8.48. The third kappa shape index (κ3) is 3.08. The van der Waals surface area contributed by atoms with E-state index in [1.165, 1.54) is 10.5 Å². The molecular weight excluding hydrogens is 356 g/mol. The Morgan fingerprint density at radius 2 is 2.04 bits per heavy atom. The van der Waals surface area contributed by atoms with E-state index in [0.717, 1.165) is 29.4 Å². The molecule has 1 aromatic carbocycles. The number of imide groups is 1. The molecule has 6 heteroatoms. The van der Waals surface area contributed by atoms with Gasteiger partial charge in [-0.2, -0.15) is 0 Å². The van der Waals surface area contributed by atoms with Gasteiger partial charge in [-0.25, -0.2) is 0 Å². The summed E-state index contributed by atoms with van der Waals surface area (Å²) in [5, 5.41) is 0.376. The monoisotopic (exact) mass is 378 g/mol. The topological polar surface area (TPSA) is 40.6 Å². The number of likely N-dealkylation sites (N-methyl/N-ethyl adjacent to an activating group) is 1. The number of halogens is 1. The summed E-state index contributed by atoms with van der Waals surface area (Å²) in [7, 11) is 2.09. The molecule has 1 saturated heterocycles. The minimum Gasteiger partial charge on any atom is -0.369 e. The van der Waals surface area contributed by atoms with E-state index in [2.05, 4.69) is 38.8 Å². The maximum Gasteiger partial charge on any atom is 0.293 e. The largest absolute Gasteiger partial charge is 0.369 e. The summed E-state index contributed by atoms with van der Waals surface area (Å²) in [6.45, 7) is 8.86. The van der Waals surface area contributed by atoms with Gasteiger partial charge in [-0.15, -0.1) is 0 Å². The fourth-order valence-electron chi connectivity index (χ4n) is 3.63. The lowest BCUT2D eigenvalue weighted by atomic mass is 9.80.